The van der Waals surface area contributed by atoms with Crippen LogP contribution in [-0.2, 0) is 4.79 Å². The zero-order valence-electron chi connectivity index (χ0n) is 12.6. The summed E-state index contributed by atoms with van der Waals surface area (Å²) < 4.78 is 5.89. The fourth-order valence-electron chi connectivity index (χ4n) is 2.72. The molecule has 0 aliphatic heterocycles. The zero-order chi connectivity index (χ0) is 16.4. The summed E-state index contributed by atoms with van der Waals surface area (Å²) in [6.45, 7) is 1.77. The van der Waals surface area contributed by atoms with Crippen molar-refractivity contribution in [2.45, 2.75) is 19.3 Å². The highest BCUT2D eigenvalue weighted by Gasteiger charge is 2.26. The van der Waals surface area contributed by atoms with Crippen LogP contribution in [0.15, 0.2) is 51.7 Å². The number of amides is 1. The van der Waals surface area contributed by atoms with Gasteiger partial charge < -0.3 is 15.2 Å². The summed E-state index contributed by atoms with van der Waals surface area (Å²) in [5, 5.41) is 5.29. The van der Waals surface area contributed by atoms with Crippen molar-refractivity contribution in [1.29, 1.82) is 0 Å². The highest BCUT2D eigenvalue weighted by atomic mass is 16.3. The monoisotopic (exact) mass is 311 g/mol. The molecule has 2 aromatic heterocycles. The molecule has 1 amide bonds. The number of rotatable bonds is 5. The molecule has 3 aromatic rings. The van der Waals surface area contributed by atoms with Crippen LogP contribution in [-0.4, -0.2) is 16.1 Å². The molecule has 0 radical (unpaired) electrons. The number of aromatic nitrogens is 2. The second-order valence-corrected chi connectivity index (χ2v) is 5.41. The van der Waals surface area contributed by atoms with E-state index in [1.54, 1.807) is 13.0 Å². The summed E-state index contributed by atoms with van der Waals surface area (Å²) >= 11 is 0. The van der Waals surface area contributed by atoms with Gasteiger partial charge in [-0.3, -0.25) is 14.7 Å². The number of benzene rings is 1. The summed E-state index contributed by atoms with van der Waals surface area (Å²) in [6.07, 6.45) is 0.00349. The molecule has 0 aliphatic carbocycles. The Bertz CT molecular complexity index is 874. The maximum Gasteiger partial charge on any atom is 0.268 e. The van der Waals surface area contributed by atoms with E-state index in [1.165, 1.54) is 0 Å². The number of primary amides is 1. The van der Waals surface area contributed by atoms with Crippen LogP contribution < -0.4 is 11.3 Å². The lowest BCUT2D eigenvalue weighted by molar-refractivity contribution is -0.118. The van der Waals surface area contributed by atoms with Gasteiger partial charge in [0.15, 0.2) is 0 Å². The summed E-state index contributed by atoms with van der Waals surface area (Å²) in [5.41, 5.74) is 7.14. The Morgan fingerprint density at radius 2 is 1.91 bits per heavy atom. The van der Waals surface area contributed by atoms with Crippen molar-refractivity contribution in [2.75, 3.05) is 0 Å². The van der Waals surface area contributed by atoms with E-state index >= 15 is 0 Å². The number of furan rings is 1. The molecular formula is C17H17N3O3. The van der Waals surface area contributed by atoms with E-state index in [1.807, 2.05) is 36.4 Å². The minimum Gasteiger partial charge on any atom is -0.460 e. The predicted molar refractivity (Wildman–Crippen MR) is 85.9 cm³/mol. The van der Waals surface area contributed by atoms with Gasteiger partial charge in [0.25, 0.3) is 5.56 Å². The molecule has 0 fully saturated rings. The zero-order valence-corrected chi connectivity index (χ0v) is 12.6. The standard InChI is InChI=1S/C17H17N3O3/c1-10-16(17(22)20-19-10)12(9-15(18)21)14-8-7-13(23-14)11-5-3-2-4-6-11/h2-8,12H,9H2,1H3,(H2,18,21)(H2,19,20,22). The Labute approximate surface area is 132 Å². The Hall–Kier alpha value is -3.02. The van der Waals surface area contributed by atoms with Crippen molar-refractivity contribution in [3.63, 3.8) is 0 Å². The third-order valence-electron chi connectivity index (χ3n) is 3.79. The van der Waals surface area contributed by atoms with Crippen LogP contribution in [0.2, 0.25) is 0 Å². The van der Waals surface area contributed by atoms with Gasteiger partial charge in [-0.1, -0.05) is 30.3 Å². The molecule has 1 unspecified atom stereocenters. The van der Waals surface area contributed by atoms with Crippen LogP contribution in [0.1, 0.15) is 29.4 Å². The van der Waals surface area contributed by atoms with Gasteiger partial charge in [0, 0.05) is 17.7 Å². The number of nitrogens with one attached hydrogen (secondary N) is 2. The molecule has 0 bridgehead atoms. The van der Waals surface area contributed by atoms with E-state index in [0.717, 1.165) is 5.56 Å². The molecule has 3 rings (SSSR count). The number of aromatic amines is 2. The number of H-pyrrole nitrogens is 2. The van der Waals surface area contributed by atoms with Gasteiger partial charge in [-0.05, 0) is 19.1 Å². The van der Waals surface area contributed by atoms with Gasteiger partial charge in [0.05, 0.1) is 11.5 Å². The Balaban J connectivity index is 2.03. The van der Waals surface area contributed by atoms with Crippen molar-refractivity contribution in [3.05, 3.63) is 69.8 Å². The largest absolute Gasteiger partial charge is 0.460 e. The van der Waals surface area contributed by atoms with Gasteiger partial charge >= 0.3 is 0 Å². The summed E-state index contributed by atoms with van der Waals surface area (Å²) in [6, 6.07) is 13.2. The molecule has 0 saturated carbocycles. The Morgan fingerprint density at radius 3 is 2.52 bits per heavy atom. The van der Waals surface area contributed by atoms with Crippen molar-refractivity contribution in [2.24, 2.45) is 5.73 Å². The van der Waals surface area contributed by atoms with Crippen molar-refractivity contribution in [1.82, 2.24) is 10.2 Å². The second-order valence-electron chi connectivity index (χ2n) is 5.41. The number of nitrogens with two attached hydrogens (primary N) is 1. The van der Waals surface area contributed by atoms with E-state index in [0.29, 0.717) is 22.8 Å². The third-order valence-corrected chi connectivity index (χ3v) is 3.79. The quantitative estimate of drug-likeness (QED) is 0.673. The van der Waals surface area contributed by atoms with Gasteiger partial charge in [-0.25, -0.2) is 0 Å². The lowest BCUT2D eigenvalue weighted by atomic mass is 9.93. The molecule has 6 heteroatoms. The number of hydrogen-bond donors (Lipinski definition) is 3. The first-order chi connectivity index (χ1) is 11.1. The molecule has 4 N–H and O–H groups in total. The van der Waals surface area contributed by atoms with E-state index in [4.69, 9.17) is 10.2 Å². The normalized spacial score (nSPS) is 12.2. The third kappa shape index (κ3) is 2.96. The van der Waals surface area contributed by atoms with E-state index in [-0.39, 0.29) is 12.0 Å². The van der Waals surface area contributed by atoms with E-state index in [2.05, 4.69) is 10.2 Å². The SMILES string of the molecule is Cc1[nH][nH]c(=O)c1C(CC(N)=O)c1ccc(-c2ccccc2)o1. The van der Waals surface area contributed by atoms with Crippen molar-refractivity contribution < 1.29 is 9.21 Å². The fraction of sp³-hybridized carbons (Fsp3) is 0.176. The minimum atomic E-state index is -0.514. The first kappa shape index (κ1) is 14.9. The van der Waals surface area contributed by atoms with Crippen LogP contribution in [0, 0.1) is 6.92 Å². The molecule has 0 spiro atoms. The molecule has 2 heterocycles. The summed E-state index contributed by atoms with van der Waals surface area (Å²) in [5.74, 6) is 0.211. The molecule has 6 nitrogen and oxygen atoms in total. The topological polar surface area (TPSA) is 105 Å². The average molecular weight is 311 g/mol. The van der Waals surface area contributed by atoms with Gasteiger partial charge in [-0.2, -0.15) is 0 Å². The Kier molecular flexibility index (Phi) is 3.89. The summed E-state index contributed by atoms with van der Waals surface area (Å²) in [4.78, 5) is 23.5. The Morgan fingerprint density at radius 1 is 1.17 bits per heavy atom. The second kappa shape index (κ2) is 6.00. The smallest absolute Gasteiger partial charge is 0.268 e. The maximum atomic E-state index is 12.0. The number of carbonyl (C=O) groups is 1. The van der Waals surface area contributed by atoms with Crippen LogP contribution in [0.4, 0.5) is 0 Å². The molecule has 118 valence electrons. The maximum absolute atomic E-state index is 12.0. The first-order valence-corrected chi connectivity index (χ1v) is 7.27. The number of hydrogen-bond acceptors (Lipinski definition) is 3. The van der Waals surface area contributed by atoms with Crippen LogP contribution in [0.5, 0.6) is 0 Å². The van der Waals surface area contributed by atoms with Gasteiger partial charge in [0.2, 0.25) is 5.91 Å². The average Bonchev–Trinajstić information content (AvgIpc) is 3.14. The van der Waals surface area contributed by atoms with E-state index < -0.39 is 11.8 Å². The highest BCUT2D eigenvalue weighted by Crippen LogP contribution is 2.32. The first-order valence-electron chi connectivity index (χ1n) is 7.27. The van der Waals surface area contributed by atoms with Crippen LogP contribution >= 0.6 is 0 Å². The molecular weight excluding hydrogens is 294 g/mol. The lowest BCUT2D eigenvalue weighted by Gasteiger charge is -2.11. The number of aryl methyl sites for hydroxylation is 1. The van der Waals surface area contributed by atoms with Gasteiger partial charge in [0.1, 0.15) is 11.5 Å². The highest BCUT2D eigenvalue weighted by molar-refractivity contribution is 5.75. The van der Waals surface area contributed by atoms with Crippen molar-refractivity contribution in [3.8, 4) is 11.3 Å². The fourth-order valence-corrected chi connectivity index (χ4v) is 2.72. The molecule has 0 aliphatic rings. The van der Waals surface area contributed by atoms with Crippen LogP contribution in [0.25, 0.3) is 11.3 Å². The van der Waals surface area contributed by atoms with Crippen molar-refractivity contribution >= 4 is 5.91 Å². The minimum absolute atomic E-state index is 0.00349. The molecule has 1 aromatic carbocycles. The van der Waals surface area contributed by atoms with E-state index in [9.17, 15) is 9.59 Å². The predicted octanol–water partition coefficient (Wildman–Crippen LogP) is 2.28. The molecule has 0 saturated heterocycles. The van der Waals surface area contributed by atoms with Gasteiger partial charge in [-0.15, -0.1) is 0 Å². The number of carbonyl (C=O) groups excluding carboxylic acids is 1. The molecule has 23 heavy (non-hydrogen) atoms. The molecule has 1 atom stereocenters. The summed E-state index contributed by atoms with van der Waals surface area (Å²) in [7, 11) is 0. The lowest BCUT2D eigenvalue weighted by Crippen LogP contribution is -2.20. The van der Waals surface area contributed by atoms with Crippen LogP contribution in [0.3, 0.4) is 0 Å².